The fourth-order valence-corrected chi connectivity index (χ4v) is 3.62. The number of nitrogens with zero attached hydrogens (tertiary/aromatic N) is 2. The molecule has 2 unspecified atom stereocenters. The van der Waals surface area contributed by atoms with Gasteiger partial charge < -0.3 is 10.2 Å². The van der Waals surface area contributed by atoms with Crippen LogP contribution in [0.3, 0.4) is 0 Å². The van der Waals surface area contributed by atoms with E-state index in [1.165, 1.54) is 37.0 Å². The molecule has 4 rings (SSSR count). The van der Waals surface area contributed by atoms with Crippen LogP contribution in [0.2, 0.25) is 0 Å². The minimum Gasteiger partial charge on any atom is -0.371 e. The Morgan fingerprint density at radius 3 is 3.11 bits per heavy atom. The van der Waals surface area contributed by atoms with Gasteiger partial charge in [0, 0.05) is 36.4 Å². The van der Waals surface area contributed by atoms with Gasteiger partial charge in [-0.3, -0.25) is 4.98 Å². The van der Waals surface area contributed by atoms with Crippen molar-refractivity contribution in [1.82, 2.24) is 10.3 Å². The Kier molecular flexibility index (Phi) is 2.66. The summed E-state index contributed by atoms with van der Waals surface area (Å²) in [5.74, 6) is 0.820. The van der Waals surface area contributed by atoms with Crippen molar-refractivity contribution in [3.8, 4) is 0 Å². The van der Waals surface area contributed by atoms with Crippen LogP contribution in [0.25, 0.3) is 10.9 Å². The SMILES string of the molecule is c1ccc2c(N3CCC4NCCC4C3)ccnc2c1. The molecule has 0 radical (unpaired) electrons. The fraction of sp³-hybridized carbons (Fsp3) is 0.438. The Labute approximate surface area is 113 Å². The van der Waals surface area contributed by atoms with Gasteiger partial charge in [0.25, 0.3) is 0 Å². The van der Waals surface area contributed by atoms with E-state index >= 15 is 0 Å². The van der Waals surface area contributed by atoms with Crippen molar-refractivity contribution in [3.63, 3.8) is 0 Å². The number of pyridine rings is 1. The molecule has 0 aliphatic carbocycles. The quantitative estimate of drug-likeness (QED) is 0.846. The normalized spacial score (nSPS) is 26.6. The number of aromatic nitrogens is 1. The average molecular weight is 253 g/mol. The maximum absolute atomic E-state index is 4.46. The predicted octanol–water partition coefficient (Wildman–Crippen LogP) is 2.42. The molecule has 1 N–H and O–H groups in total. The third-order valence-corrected chi connectivity index (χ3v) is 4.62. The fourth-order valence-electron chi connectivity index (χ4n) is 3.62. The Hall–Kier alpha value is -1.61. The molecule has 3 heterocycles. The third kappa shape index (κ3) is 1.89. The predicted molar refractivity (Wildman–Crippen MR) is 78.5 cm³/mol. The highest BCUT2D eigenvalue weighted by molar-refractivity contribution is 5.91. The highest BCUT2D eigenvalue weighted by Crippen LogP contribution is 2.31. The molecule has 1 aromatic carbocycles. The summed E-state index contributed by atoms with van der Waals surface area (Å²) in [5.41, 5.74) is 2.46. The minimum atomic E-state index is 0.754. The first-order valence-corrected chi connectivity index (χ1v) is 7.24. The minimum absolute atomic E-state index is 0.754. The zero-order valence-corrected chi connectivity index (χ0v) is 11.0. The molecule has 2 aliphatic rings. The second-order valence-electron chi connectivity index (χ2n) is 5.69. The van der Waals surface area contributed by atoms with Crippen LogP contribution >= 0.6 is 0 Å². The zero-order chi connectivity index (χ0) is 12.7. The van der Waals surface area contributed by atoms with E-state index in [0.29, 0.717) is 0 Å². The van der Waals surface area contributed by atoms with E-state index in [1.54, 1.807) is 0 Å². The van der Waals surface area contributed by atoms with Crippen LogP contribution in [0, 0.1) is 5.92 Å². The van der Waals surface area contributed by atoms with Gasteiger partial charge in [-0.25, -0.2) is 0 Å². The number of fused-ring (bicyclic) bond motifs is 2. The van der Waals surface area contributed by atoms with Gasteiger partial charge in [-0.15, -0.1) is 0 Å². The summed E-state index contributed by atoms with van der Waals surface area (Å²) in [5, 5.41) is 4.92. The average Bonchev–Trinajstić information content (AvgIpc) is 2.94. The van der Waals surface area contributed by atoms with Crippen LogP contribution in [-0.2, 0) is 0 Å². The first kappa shape index (κ1) is 11.2. The van der Waals surface area contributed by atoms with E-state index < -0.39 is 0 Å². The number of nitrogens with one attached hydrogen (secondary N) is 1. The van der Waals surface area contributed by atoms with Crippen molar-refractivity contribution in [2.75, 3.05) is 24.5 Å². The zero-order valence-electron chi connectivity index (χ0n) is 11.0. The van der Waals surface area contributed by atoms with Crippen molar-refractivity contribution in [3.05, 3.63) is 36.5 Å². The van der Waals surface area contributed by atoms with E-state index in [9.17, 15) is 0 Å². The summed E-state index contributed by atoms with van der Waals surface area (Å²) in [6.07, 6.45) is 4.53. The van der Waals surface area contributed by atoms with Gasteiger partial charge in [-0.2, -0.15) is 0 Å². The van der Waals surface area contributed by atoms with Gasteiger partial charge in [0.15, 0.2) is 0 Å². The maximum Gasteiger partial charge on any atom is 0.0722 e. The van der Waals surface area contributed by atoms with Gasteiger partial charge >= 0.3 is 0 Å². The van der Waals surface area contributed by atoms with Crippen molar-refractivity contribution >= 4 is 16.6 Å². The van der Waals surface area contributed by atoms with Crippen molar-refractivity contribution < 1.29 is 0 Å². The van der Waals surface area contributed by atoms with Gasteiger partial charge in [0.05, 0.1) is 5.52 Å². The van der Waals surface area contributed by atoms with Crippen LogP contribution in [-0.4, -0.2) is 30.7 Å². The lowest BCUT2D eigenvalue weighted by atomic mass is 9.93. The molecule has 98 valence electrons. The summed E-state index contributed by atoms with van der Waals surface area (Å²) in [4.78, 5) is 7.02. The van der Waals surface area contributed by atoms with Gasteiger partial charge in [-0.05, 0) is 37.4 Å². The highest BCUT2D eigenvalue weighted by atomic mass is 15.2. The summed E-state index contributed by atoms with van der Waals surface area (Å²) in [7, 11) is 0. The lowest BCUT2D eigenvalue weighted by molar-refractivity contribution is 0.377. The largest absolute Gasteiger partial charge is 0.371 e. The van der Waals surface area contributed by atoms with Crippen molar-refractivity contribution in [2.45, 2.75) is 18.9 Å². The van der Waals surface area contributed by atoms with Gasteiger partial charge in [0.2, 0.25) is 0 Å². The topological polar surface area (TPSA) is 28.2 Å². The lowest BCUT2D eigenvalue weighted by Gasteiger charge is -2.36. The monoisotopic (exact) mass is 253 g/mol. The van der Waals surface area contributed by atoms with E-state index in [1.807, 2.05) is 6.20 Å². The number of benzene rings is 1. The molecule has 2 atom stereocenters. The van der Waals surface area contributed by atoms with Gasteiger partial charge in [0.1, 0.15) is 0 Å². The summed E-state index contributed by atoms with van der Waals surface area (Å²) in [6, 6.07) is 11.4. The first-order valence-electron chi connectivity index (χ1n) is 7.24. The molecule has 0 saturated carbocycles. The molecular formula is C16H19N3. The smallest absolute Gasteiger partial charge is 0.0722 e. The molecule has 19 heavy (non-hydrogen) atoms. The third-order valence-electron chi connectivity index (χ3n) is 4.62. The molecule has 0 amide bonds. The summed E-state index contributed by atoms with van der Waals surface area (Å²) >= 11 is 0. The lowest BCUT2D eigenvalue weighted by Crippen LogP contribution is -2.44. The molecule has 1 aromatic heterocycles. The number of rotatable bonds is 1. The molecular weight excluding hydrogens is 234 g/mol. The molecule has 0 bridgehead atoms. The molecule has 3 heteroatoms. The maximum atomic E-state index is 4.46. The standard InChI is InChI=1S/C16H19N3/c1-2-4-15-13(3-1)16(6-9-18-15)19-10-7-14-12(11-19)5-8-17-14/h1-4,6,9,12,14,17H,5,7-8,10-11H2. The Morgan fingerprint density at radius 2 is 2.11 bits per heavy atom. The van der Waals surface area contributed by atoms with Crippen LogP contribution in [0.1, 0.15) is 12.8 Å². The van der Waals surface area contributed by atoms with E-state index in [0.717, 1.165) is 24.0 Å². The van der Waals surface area contributed by atoms with E-state index in [-0.39, 0.29) is 0 Å². The van der Waals surface area contributed by atoms with E-state index in [4.69, 9.17) is 0 Å². The highest BCUT2D eigenvalue weighted by Gasteiger charge is 2.32. The number of hydrogen-bond donors (Lipinski definition) is 1. The van der Waals surface area contributed by atoms with Crippen molar-refractivity contribution in [2.24, 2.45) is 5.92 Å². The molecule has 2 aliphatic heterocycles. The number of piperidine rings is 1. The second-order valence-corrected chi connectivity index (χ2v) is 5.69. The Balaban J connectivity index is 1.70. The molecule has 2 aromatic rings. The molecule has 2 fully saturated rings. The Bertz CT molecular complexity index is 590. The molecule has 3 nitrogen and oxygen atoms in total. The first-order chi connectivity index (χ1) is 9.42. The van der Waals surface area contributed by atoms with Crippen LogP contribution in [0.5, 0.6) is 0 Å². The van der Waals surface area contributed by atoms with Crippen LogP contribution < -0.4 is 10.2 Å². The molecule has 2 saturated heterocycles. The van der Waals surface area contributed by atoms with Crippen LogP contribution in [0.4, 0.5) is 5.69 Å². The van der Waals surface area contributed by atoms with Gasteiger partial charge in [-0.1, -0.05) is 18.2 Å². The number of hydrogen-bond acceptors (Lipinski definition) is 3. The number of para-hydroxylation sites is 1. The summed E-state index contributed by atoms with van der Waals surface area (Å²) in [6.45, 7) is 3.54. The summed E-state index contributed by atoms with van der Waals surface area (Å²) < 4.78 is 0. The van der Waals surface area contributed by atoms with Crippen molar-refractivity contribution in [1.29, 1.82) is 0 Å². The molecule has 0 spiro atoms. The number of anilines is 1. The Morgan fingerprint density at radius 1 is 1.16 bits per heavy atom. The van der Waals surface area contributed by atoms with E-state index in [2.05, 4.69) is 45.5 Å². The van der Waals surface area contributed by atoms with Crippen LogP contribution in [0.15, 0.2) is 36.5 Å². The second kappa shape index (κ2) is 4.49.